The molecule has 1 aromatic heterocycles. The van der Waals surface area contributed by atoms with Crippen molar-refractivity contribution in [2.45, 2.75) is 44.0 Å². The van der Waals surface area contributed by atoms with Crippen LogP contribution in [0.5, 0.6) is 0 Å². The molecule has 0 unspecified atom stereocenters. The lowest BCUT2D eigenvalue weighted by atomic mass is 9.98. The number of rotatable bonds is 4. The topological polar surface area (TPSA) is 85.1 Å². The molecule has 22 heavy (non-hydrogen) atoms. The van der Waals surface area contributed by atoms with Crippen LogP contribution in [0.25, 0.3) is 10.2 Å². The lowest BCUT2D eigenvalue weighted by molar-refractivity contribution is 0.563. The molecule has 0 amide bonds. The molecule has 0 fully saturated rings. The molecule has 1 heterocycles. The number of fused-ring (bicyclic) bond motifs is 1. The first-order chi connectivity index (χ1) is 9.63. The molecule has 0 spiro atoms. The Morgan fingerprint density at radius 2 is 2.00 bits per heavy atom. The SMILES string of the molecule is C[C@@H](CN)NS(=O)(=O)c1ccc2nc(C(C)(C)C)sc2c1.Cl. The van der Waals surface area contributed by atoms with Crippen molar-refractivity contribution < 1.29 is 8.42 Å². The molecule has 5 nitrogen and oxygen atoms in total. The standard InChI is InChI=1S/C14H21N3O2S2.ClH/c1-9(8-15)17-21(18,19)10-5-6-11-12(7-10)20-13(16-11)14(2,3)4;/h5-7,9,17H,8,15H2,1-4H3;1H/t9-;/m0./s1. The zero-order valence-electron chi connectivity index (χ0n) is 13.1. The van der Waals surface area contributed by atoms with E-state index in [1.54, 1.807) is 25.1 Å². The fourth-order valence-electron chi connectivity index (χ4n) is 1.77. The van der Waals surface area contributed by atoms with Gasteiger partial charge in [-0.15, -0.1) is 23.7 Å². The molecule has 0 saturated heterocycles. The third-order valence-electron chi connectivity index (χ3n) is 3.02. The number of aromatic nitrogens is 1. The number of sulfonamides is 1. The van der Waals surface area contributed by atoms with Gasteiger partial charge in [0.15, 0.2) is 0 Å². The van der Waals surface area contributed by atoms with Gasteiger partial charge in [0.1, 0.15) is 0 Å². The summed E-state index contributed by atoms with van der Waals surface area (Å²) in [4.78, 5) is 4.82. The number of nitrogens with zero attached hydrogens (tertiary/aromatic N) is 1. The number of thiazole rings is 1. The summed E-state index contributed by atoms with van der Waals surface area (Å²) in [5, 5.41) is 0.996. The van der Waals surface area contributed by atoms with Gasteiger partial charge in [-0.25, -0.2) is 18.1 Å². The minimum atomic E-state index is -3.54. The second kappa shape index (κ2) is 6.80. The van der Waals surface area contributed by atoms with E-state index in [2.05, 4.69) is 30.5 Å². The van der Waals surface area contributed by atoms with E-state index in [1.807, 2.05) is 0 Å². The zero-order chi connectivity index (χ0) is 15.8. The van der Waals surface area contributed by atoms with Crippen LogP contribution >= 0.6 is 23.7 Å². The average molecular weight is 364 g/mol. The van der Waals surface area contributed by atoms with E-state index in [1.165, 1.54) is 11.3 Å². The lowest BCUT2D eigenvalue weighted by Gasteiger charge is -2.13. The number of nitrogens with two attached hydrogens (primary N) is 1. The fourth-order valence-corrected chi connectivity index (χ4v) is 4.19. The smallest absolute Gasteiger partial charge is 0.240 e. The second-order valence-corrected chi connectivity index (χ2v) is 8.90. The van der Waals surface area contributed by atoms with Gasteiger partial charge in [-0.3, -0.25) is 0 Å². The number of halogens is 1. The summed E-state index contributed by atoms with van der Waals surface area (Å²) in [7, 11) is -3.54. The largest absolute Gasteiger partial charge is 0.329 e. The molecule has 0 aliphatic heterocycles. The van der Waals surface area contributed by atoms with Crippen molar-refractivity contribution in [2.75, 3.05) is 6.54 Å². The number of hydrogen-bond acceptors (Lipinski definition) is 5. The highest BCUT2D eigenvalue weighted by atomic mass is 35.5. The minimum absolute atomic E-state index is 0. The highest BCUT2D eigenvalue weighted by molar-refractivity contribution is 7.89. The Labute approximate surface area is 141 Å². The van der Waals surface area contributed by atoms with E-state index in [0.29, 0.717) is 0 Å². The molecule has 1 atom stereocenters. The van der Waals surface area contributed by atoms with Crippen molar-refractivity contribution in [3.05, 3.63) is 23.2 Å². The molecular weight excluding hydrogens is 342 g/mol. The number of hydrogen-bond donors (Lipinski definition) is 2. The maximum absolute atomic E-state index is 12.3. The van der Waals surface area contributed by atoms with Crippen LogP contribution in [0.2, 0.25) is 0 Å². The molecule has 3 N–H and O–H groups in total. The van der Waals surface area contributed by atoms with Crippen molar-refractivity contribution in [1.82, 2.24) is 9.71 Å². The molecule has 0 saturated carbocycles. The van der Waals surface area contributed by atoms with Crippen LogP contribution in [-0.4, -0.2) is 26.0 Å². The van der Waals surface area contributed by atoms with E-state index in [4.69, 9.17) is 5.73 Å². The molecule has 124 valence electrons. The Morgan fingerprint density at radius 1 is 1.36 bits per heavy atom. The van der Waals surface area contributed by atoms with Gasteiger partial charge in [0.05, 0.1) is 20.1 Å². The summed E-state index contributed by atoms with van der Waals surface area (Å²) >= 11 is 1.53. The predicted octanol–water partition coefficient (Wildman–Crippen LogP) is 2.64. The van der Waals surface area contributed by atoms with Crippen LogP contribution in [0.4, 0.5) is 0 Å². The molecule has 8 heteroatoms. The van der Waals surface area contributed by atoms with E-state index in [-0.39, 0.29) is 35.3 Å². The minimum Gasteiger partial charge on any atom is -0.329 e. The average Bonchev–Trinajstić information content (AvgIpc) is 2.80. The highest BCUT2D eigenvalue weighted by Crippen LogP contribution is 2.32. The first-order valence-electron chi connectivity index (χ1n) is 6.77. The first kappa shape index (κ1) is 19.3. The van der Waals surface area contributed by atoms with Crippen LogP contribution < -0.4 is 10.5 Å². The first-order valence-corrected chi connectivity index (χ1v) is 9.07. The number of benzene rings is 1. The Hall–Kier alpha value is -0.730. The van der Waals surface area contributed by atoms with Gasteiger partial charge in [0, 0.05) is 18.0 Å². The Kier molecular flexibility index (Phi) is 5.97. The summed E-state index contributed by atoms with van der Waals surface area (Å²) in [6.45, 7) is 8.27. The predicted molar refractivity (Wildman–Crippen MR) is 94.4 cm³/mol. The quantitative estimate of drug-likeness (QED) is 0.874. The van der Waals surface area contributed by atoms with E-state index in [9.17, 15) is 8.42 Å². The molecule has 0 aliphatic carbocycles. The van der Waals surface area contributed by atoms with Crippen molar-refractivity contribution in [3.8, 4) is 0 Å². The van der Waals surface area contributed by atoms with Crippen LogP contribution in [0, 0.1) is 0 Å². The normalized spacial score (nSPS) is 13.9. The van der Waals surface area contributed by atoms with Crippen LogP contribution in [0.1, 0.15) is 32.7 Å². The molecule has 2 aromatic rings. The third-order valence-corrected chi connectivity index (χ3v) is 6.05. The maximum Gasteiger partial charge on any atom is 0.240 e. The lowest BCUT2D eigenvalue weighted by Crippen LogP contribution is -2.37. The summed E-state index contributed by atoms with van der Waals surface area (Å²) in [6.07, 6.45) is 0. The monoisotopic (exact) mass is 363 g/mol. The van der Waals surface area contributed by atoms with Gasteiger partial charge in [0.2, 0.25) is 10.0 Å². The maximum atomic E-state index is 12.3. The van der Waals surface area contributed by atoms with Crippen molar-refractivity contribution >= 4 is 44.0 Å². The summed E-state index contributed by atoms with van der Waals surface area (Å²) in [5.74, 6) is 0. The van der Waals surface area contributed by atoms with Gasteiger partial charge in [0.25, 0.3) is 0 Å². The van der Waals surface area contributed by atoms with Crippen molar-refractivity contribution in [1.29, 1.82) is 0 Å². The molecule has 0 bridgehead atoms. The van der Waals surface area contributed by atoms with Crippen LogP contribution in [0.3, 0.4) is 0 Å². The van der Waals surface area contributed by atoms with E-state index < -0.39 is 10.0 Å². The van der Waals surface area contributed by atoms with Gasteiger partial charge < -0.3 is 5.73 Å². The summed E-state index contributed by atoms with van der Waals surface area (Å²) in [6, 6.07) is 4.72. The van der Waals surface area contributed by atoms with Gasteiger partial charge in [-0.2, -0.15) is 0 Å². The third kappa shape index (κ3) is 4.17. The van der Waals surface area contributed by atoms with Crippen LogP contribution in [0.15, 0.2) is 23.1 Å². The van der Waals surface area contributed by atoms with Gasteiger partial charge in [-0.05, 0) is 25.1 Å². The van der Waals surface area contributed by atoms with Crippen molar-refractivity contribution in [3.63, 3.8) is 0 Å². The molecule has 0 radical (unpaired) electrons. The number of nitrogens with one attached hydrogen (secondary N) is 1. The van der Waals surface area contributed by atoms with Gasteiger partial charge in [-0.1, -0.05) is 20.8 Å². The Morgan fingerprint density at radius 3 is 2.55 bits per heavy atom. The summed E-state index contributed by atoms with van der Waals surface area (Å²) in [5.41, 5.74) is 6.25. The molecule has 1 aromatic carbocycles. The Balaban J connectivity index is 0.00000242. The molecular formula is C14H22ClN3O2S2. The van der Waals surface area contributed by atoms with E-state index in [0.717, 1.165) is 15.2 Å². The van der Waals surface area contributed by atoms with Crippen LogP contribution in [-0.2, 0) is 15.4 Å². The zero-order valence-corrected chi connectivity index (χ0v) is 15.5. The summed E-state index contributed by atoms with van der Waals surface area (Å²) < 4.78 is 28.0. The second-order valence-electron chi connectivity index (χ2n) is 6.16. The van der Waals surface area contributed by atoms with Crippen molar-refractivity contribution in [2.24, 2.45) is 5.73 Å². The Bertz CT molecular complexity index is 751. The molecule has 2 rings (SSSR count). The highest BCUT2D eigenvalue weighted by Gasteiger charge is 2.21. The van der Waals surface area contributed by atoms with E-state index >= 15 is 0 Å². The van der Waals surface area contributed by atoms with Gasteiger partial charge >= 0.3 is 0 Å². The molecule has 0 aliphatic rings. The fraction of sp³-hybridized carbons (Fsp3) is 0.500.